The summed E-state index contributed by atoms with van der Waals surface area (Å²) in [5, 5.41) is 6.32. The monoisotopic (exact) mass is 240 g/mol. The predicted molar refractivity (Wildman–Crippen MR) is 63.6 cm³/mol. The molecule has 1 amide bonds. The fourth-order valence-corrected chi connectivity index (χ4v) is 1.70. The molecule has 0 saturated heterocycles. The fraction of sp³-hybridized carbons (Fsp3) is 0.727. The first-order valence-electron chi connectivity index (χ1n) is 5.96. The Kier molecular flexibility index (Phi) is 4.62. The van der Waals surface area contributed by atoms with Gasteiger partial charge in [-0.15, -0.1) is 0 Å². The molecule has 0 unspecified atom stereocenters. The van der Waals surface area contributed by atoms with Crippen LogP contribution >= 0.6 is 0 Å². The van der Waals surface area contributed by atoms with E-state index in [1.54, 1.807) is 0 Å². The Balaban J connectivity index is 2.96. The molecule has 0 aromatic carbocycles. The number of carbonyl (C=O) groups excluding carboxylic acids is 1. The summed E-state index contributed by atoms with van der Waals surface area (Å²) in [6, 6.07) is 0. The molecule has 0 aliphatic carbocycles. The molecule has 1 heterocycles. The Bertz CT molecular complexity index is 363. The van der Waals surface area contributed by atoms with Crippen molar-refractivity contribution in [3.05, 3.63) is 11.7 Å². The molecule has 96 valence electrons. The highest BCUT2D eigenvalue weighted by Crippen LogP contribution is 2.28. The maximum absolute atomic E-state index is 11.5. The summed E-state index contributed by atoms with van der Waals surface area (Å²) in [5.41, 5.74) is 5.45. The van der Waals surface area contributed by atoms with Crippen molar-refractivity contribution in [2.45, 2.75) is 39.0 Å². The summed E-state index contributed by atoms with van der Waals surface area (Å²) in [5.74, 6) is 0.202. The smallest absolute Gasteiger partial charge is 0.292 e. The van der Waals surface area contributed by atoms with Crippen LogP contribution in [-0.2, 0) is 5.41 Å². The molecule has 3 N–H and O–H groups in total. The van der Waals surface area contributed by atoms with Crippen LogP contribution in [0.4, 0.5) is 0 Å². The minimum atomic E-state index is -0.322. The Morgan fingerprint density at radius 2 is 2.06 bits per heavy atom. The molecular formula is C11H20N4O2. The average Bonchev–Trinajstić information content (AvgIpc) is 2.83. The largest absolute Gasteiger partial charge is 0.349 e. The Morgan fingerprint density at radius 1 is 1.41 bits per heavy atom. The molecule has 0 spiro atoms. The summed E-state index contributed by atoms with van der Waals surface area (Å²) in [6.45, 7) is 6.84. The van der Waals surface area contributed by atoms with Gasteiger partial charge in [0, 0.05) is 13.1 Å². The van der Waals surface area contributed by atoms with Gasteiger partial charge in [0.2, 0.25) is 5.89 Å². The summed E-state index contributed by atoms with van der Waals surface area (Å²) in [6.07, 6.45) is 1.61. The van der Waals surface area contributed by atoms with Crippen LogP contribution in [0.25, 0.3) is 0 Å². The zero-order valence-corrected chi connectivity index (χ0v) is 10.6. The van der Waals surface area contributed by atoms with Crippen molar-refractivity contribution in [3.8, 4) is 0 Å². The maximum Gasteiger partial charge on any atom is 0.292 e. The number of nitrogens with one attached hydrogen (secondary N) is 1. The third-order valence-electron chi connectivity index (χ3n) is 3.16. The van der Waals surface area contributed by atoms with Crippen molar-refractivity contribution in [3.63, 3.8) is 0 Å². The van der Waals surface area contributed by atoms with Crippen molar-refractivity contribution in [1.29, 1.82) is 0 Å². The van der Waals surface area contributed by atoms with Gasteiger partial charge in [-0.25, -0.2) is 0 Å². The average molecular weight is 240 g/mol. The molecule has 0 fully saturated rings. The second-order valence-electron chi connectivity index (χ2n) is 3.97. The number of hydrogen-bond donors (Lipinski definition) is 2. The molecule has 17 heavy (non-hydrogen) atoms. The van der Waals surface area contributed by atoms with Gasteiger partial charge in [-0.3, -0.25) is 4.79 Å². The van der Waals surface area contributed by atoms with Crippen LogP contribution in [0.1, 0.15) is 50.1 Å². The van der Waals surface area contributed by atoms with Crippen molar-refractivity contribution >= 4 is 5.91 Å². The molecular weight excluding hydrogens is 220 g/mol. The van der Waals surface area contributed by atoms with Gasteiger partial charge >= 0.3 is 0 Å². The molecule has 6 nitrogen and oxygen atoms in total. The molecule has 1 aromatic rings. The molecule has 0 radical (unpaired) electrons. The molecule has 0 aliphatic heterocycles. The molecule has 6 heteroatoms. The van der Waals surface area contributed by atoms with Crippen LogP contribution in [0, 0.1) is 0 Å². The molecule has 0 saturated carbocycles. The van der Waals surface area contributed by atoms with Crippen LogP contribution in [0.15, 0.2) is 4.52 Å². The van der Waals surface area contributed by atoms with Gasteiger partial charge in [0.25, 0.3) is 11.7 Å². The van der Waals surface area contributed by atoms with E-state index in [1.807, 2.05) is 20.8 Å². The second-order valence-corrected chi connectivity index (χ2v) is 3.97. The first-order valence-corrected chi connectivity index (χ1v) is 5.96. The van der Waals surface area contributed by atoms with Crippen molar-refractivity contribution in [1.82, 2.24) is 15.5 Å². The molecule has 1 aromatic heterocycles. The Labute approximate surface area is 101 Å². The third-order valence-corrected chi connectivity index (χ3v) is 3.16. The summed E-state index contributed by atoms with van der Waals surface area (Å²) < 4.78 is 5.17. The first-order chi connectivity index (χ1) is 8.13. The van der Waals surface area contributed by atoms with Gasteiger partial charge in [-0.2, -0.15) is 4.98 Å². The number of aromatic nitrogens is 2. The highest BCUT2D eigenvalue weighted by molar-refractivity contribution is 5.90. The molecule has 1 rings (SSSR count). The Hall–Kier alpha value is -1.43. The van der Waals surface area contributed by atoms with E-state index in [-0.39, 0.29) is 17.1 Å². The van der Waals surface area contributed by atoms with Crippen LogP contribution in [0.3, 0.4) is 0 Å². The van der Waals surface area contributed by atoms with E-state index in [4.69, 9.17) is 10.3 Å². The highest BCUT2D eigenvalue weighted by Gasteiger charge is 2.33. The lowest BCUT2D eigenvalue weighted by molar-refractivity contribution is 0.0942. The normalized spacial score (nSPS) is 11.5. The van der Waals surface area contributed by atoms with Crippen LogP contribution in [0.2, 0.25) is 0 Å². The minimum Gasteiger partial charge on any atom is -0.349 e. The van der Waals surface area contributed by atoms with Gasteiger partial charge in [0.15, 0.2) is 0 Å². The lowest BCUT2D eigenvalue weighted by atomic mass is 9.82. The van der Waals surface area contributed by atoms with Gasteiger partial charge in [-0.05, 0) is 19.8 Å². The lowest BCUT2D eigenvalue weighted by Gasteiger charge is -2.24. The van der Waals surface area contributed by atoms with Crippen LogP contribution in [-0.4, -0.2) is 29.1 Å². The summed E-state index contributed by atoms with van der Waals surface area (Å²) >= 11 is 0. The highest BCUT2D eigenvalue weighted by atomic mass is 16.5. The van der Waals surface area contributed by atoms with Crippen LogP contribution < -0.4 is 11.1 Å². The van der Waals surface area contributed by atoms with Gasteiger partial charge < -0.3 is 15.6 Å². The van der Waals surface area contributed by atoms with E-state index in [0.29, 0.717) is 19.0 Å². The first kappa shape index (κ1) is 13.6. The van der Waals surface area contributed by atoms with Gasteiger partial charge in [-0.1, -0.05) is 19.0 Å². The maximum atomic E-state index is 11.5. The topological polar surface area (TPSA) is 94.0 Å². The Morgan fingerprint density at radius 3 is 2.53 bits per heavy atom. The summed E-state index contributed by atoms with van der Waals surface area (Å²) in [7, 11) is 0. The number of hydrogen-bond acceptors (Lipinski definition) is 5. The van der Waals surface area contributed by atoms with Crippen molar-refractivity contribution < 1.29 is 9.32 Å². The van der Waals surface area contributed by atoms with E-state index < -0.39 is 0 Å². The number of nitrogens with zero attached hydrogens (tertiary/aromatic N) is 2. The van der Waals surface area contributed by atoms with Crippen LogP contribution in [0.5, 0.6) is 0 Å². The lowest BCUT2D eigenvalue weighted by Crippen LogP contribution is -2.34. The standard InChI is InChI=1S/C11H20N4O2/c1-4-11(5-2,7-12)10-14-8(15-17-10)9(16)13-6-3/h4-7,12H2,1-3H3,(H,13,16). The SMILES string of the molecule is CCNC(=O)c1noc(C(CC)(CC)CN)n1. The van der Waals surface area contributed by atoms with E-state index in [1.165, 1.54) is 0 Å². The number of carbonyl (C=O) groups is 1. The summed E-state index contributed by atoms with van der Waals surface area (Å²) in [4.78, 5) is 15.7. The number of amides is 1. The van der Waals surface area contributed by atoms with Crippen molar-refractivity contribution in [2.24, 2.45) is 5.73 Å². The fourth-order valence-electron chi connectivity index (χ4n) is 1.70. The third kappa shape index (κ3) is 2.63. The molecule has 0 bridgehead atoms. The zero-order chi connectivity index (χ0) is 12.9. The van der Waals surface area contributed by atoms with E-state index in [2.05, 4.69) is 15.5 Å². The van der Waals surface area contributed by atoms with E-state index in [9.17, 15) is 4.79 Å². The van der Waals surface area contributed by atoms with Gasteiger partial charge in [0.05, 0.1) is 5.41 Å². The zero-order valence-electron chi connectivity index (χ0n) is 10.6. The predicted octanol–water partition coefficient (Wildman–Crippen LogP) is 0.836. The van der Waals surface area contributed by atoms with Gasteiger partial charge in [0.1, 0.15) is 0 Å². The van der Waals surface area contributed by atoms with E-state index in [0.717, 1.165) is 12.8 Å². The van der Waals surface area contributed by atoms with Crippen molar-refractivity contribution in [2.75, 3.05) is 13.1 Å². The number of nitrogens with two attached hydrogens (primary N) is 1. The minimum absolute atomic E-state index is 0.0709. The quantitative estimate of drug-likeness (QED) is 0.768. The molecule has 0 aliphatic rings. The second kappa shape index (κ2) is 5.77. The number of rotatable bonds is 6. The molecule has 0 atom stereocenters. The van der Waals surface area contributed by atoms with E-state index >= 15 is 0 Å².